The summed E-state index contributed by atoms with van der Waals surface area (Å²) >= 11 is 0. The Kier molecular flexibility index (Phi) is 6.63. The summed E-state index contributed by atoms with van der Waals surface area (Å²) in [6, 6.07) is 8.81. The first kappa shape index (κ1) is 23.4. The van der Waals surface area contributed by atoms with Crippen molar-refractivity contribution in [3.8, 4) is 11.5 Å². The van der Waals surface area contributed by atoms with E-state index in [0.29, 0.717) is 46.4 Å². The summed E-state index contributed by atoms with van der Waals surface area (Å²) in [5.41, 5.74) is 1.94. The van der Waals surface area contributed by atoms with Crippen molar-refractivity contribution in [2.24, 2.45) is 5.10 Å². The molecule has 1 heterocycles. The highest BCUT2D eigenvalue weighted by Crippen LogP contribution is 2.32. The van der Waals surface area contributed by atoms with Crippen molar-refractivity contribution < 1.29 is 35.9 Å². The van der Waals surface area contributed by atoms with Crippen molar-refractivity contribution in [1.29, 1.82) is 0 Å². The van der Waals surface area contributed by atoms with E-state index in [0.717, 1.165) is 18.4 Å². The van der Waals surface area contributed by atoms with Gasteiger partial charge >= 0.3 is 6.18 Å². The Balaban J connectivity index is 1.75. The van der Waals surface area contributed by atoms with Crippen molar-refractivity contribution in [3.63, 3.8) is 0 Å². The molecule has 0 aromatic heterocycles. The first-order valence-corrected chi connectivity index (χ1v) is 11.2. The maximum atomic E-state index is 13.0. The van der Waals surface area contributed by atoms with E-state index in [1.54, 1.807) is 25.1 Å². The first-order chi connectivity index (χ1) is 14.9. The normalized spacial score (nSPS) is 14.1. The van der Waals surface area contributed by atoms with Gasteiger partial charge in [-0.15, -0.1) is 0 Å². The molecular weight excluding hydrogens is 451 g/mol. The van der Waals surface area contributed by atoms with E-state index in [4.69, 9.17) is 9.47 Å². The highest BCUT2D eigenvalue weighted by molar-refractivity contribution is 7.92. The van der Waals surface area contributed by atoms with Crippen molar-refractivity contribution in [3.05, 3.63) is 53.6 Å². The van der Waals surface area contributed by atoms with Crippen LogP contribution in [-0.2, 0) is 21.0 Å². The Morgan fingerprint density at radius 3 is 2.47 bits per heavy atom. The number of alkyl halides is 3. The van der Waals surface area contributed by atoms with Crippen LogP contribution in [0.5, 0.6) is 11.5 Å². The second-order valence-corrected chi connectivity index (χ2v) is 8.82. The van der Waals surface area contributed by atoms with Gasteiger partial charge in [-0.05, 0) is 43.3 Å². The molecule has 12 heteroatoms. The Bertz CT molecular complexity index is 1150. The van der Waals surface area contributed by atoms with Gasteiger partial charge in [-0.25, -0.2) is 13.8 Å². The van der Waals surface area contributed by atoms with E-state index in [1.807, 2.05) is 0 Å². The number of anilines is 1. The zero-order valence-corrected chi connectivity index (χ0v) is 18.0. The molecule has 32 heavy (non-hydrogen) atoms. The minimum absolute atomic E-state index is 0.287. The molecule has 0 saturated heterocycles. The van der Waals surface area contributed by atoms with Crippen LogP contribution in [0.15, 0.2) is 47.6 Å². The van der Waals surface area contributed by atoms with Gasteiger partial charge in [-0.1, -0.05) is 6.07 Å². The van der Waals surface area contributed by atoms with Crippen LogP contribution in [0.2, 0.25) is 0 Å². The molecule has 0 atom stereocenters. The molecule has 0 aliphatic carbocycles. The van der Waals surface area contributed by atoms with E-state index >= 15 is 0 Å². The number of benzene rings is 2. The molecule has 8 nitrogen and oxygen atoms in total. The molecule has 1 aliphatic heterocycles. The van der Waals surface area contributed by atoms with Crippen LogP contribution in [0.4, 0.5) is 18.9 Å². The van der Waals surface area contributed by atoms with E-state index in [9.17, 15) is 26.4 Å². The van der Waals surface area contributed by atoms with E-state index in [1.165, 1.54) is 6.07 Å². The molecule has 0 fully saturated rings. The van der Waals surface area contributed by atoms with Crippen LogP contribution in [-0.4, -0.2) is 46.1 Å². The fourth-order valence-electron chi connectivity index (χ4n) is 2.88. The summed E-state index contributed by atoms with van der Waals surface area (Å²) in [6.45, 7) is 1.71. The van der Waals surface area contributed by atoms with Gasteiger partial charge in [-0.2, -0.15) is 18.3 Å². The van der Waals surface area contributed by atoms with Gasteiger partial charge < -0.3 is 9.47 Å². The summed E-state index contributed by atoms with van der Waals surface area (Å²) in [4.78, 5) is 12.3. The number of hydrogen-bond donors (Lipinski definition) is 1. The molecule has 2 aromatic carbocycles. The number of fused-ring (bicyclic) bond motifs is 1. The third-order valence-electron chi connectivity index (χ3n) is 4.46. The number of nitrogens with one attached hydrogen (secondary N) is 1. The average molecular weight is 471 g/mol. The number of nitrogens with zero attached hydrogens (tertiary/aromatic N) is 2. The number of carbonyl (C=O) groups excluding carboxylic acids is 1. The number of rotatable bonds is 6. The van der Waals surface area contributed by atoms with Crippen molar-refractivity contribution in [2.45, 2.75) is 13.1 Å². The first-order valence-electron chi connectivity index (χ1n) is 9.33. The molecule has 1 N–H and O–H groups in total. The summed E-state index contributed by atoms with van der Waals surface area (Å²) in [5, 5.41) is 3.95. The average Bonchev–Trinajstić information content (AvgIpc) is 2.74. The van der Waals surface area contributed by atoms with Crippen LogP contribution in [0.25, 0.3) is 0 Å². The van der Waals surface area contributed by atoms with Gasteiger partial charge in [0.1, 0.15) is 19.8 Å². The molecule has 0 spiro atoms. The lowest BCUT2D eigenvalue weighted by Gasteiger charge is -2.22. The predicted octanol–water partition coefficient (Wildman–Crippen LogP) is 2.78. The highest BCUT2D eigenvalue weighted by atomic mass is 32.2. The van der Waals surface area contributed by atoms with Gasteiger partial charge in [0.25, 0.3) is 5.91 Å². The molecular formula is C20H20F3N3O5S. The number of carbonyl (C=O) groups is 1. The zero-order chi connectivity index (χ0) is 23.5. The van der Waals surface area contributed by atoms with Crippen molar-refractivity contribution in [2.75, 3.05) is 30.3 Å². The standard InChI is InChI=1S/C20H20F3N3O5S/c1-13(14-6-7-17-18(10-14)31-9-8-30-17)24-25-19(27)12-26(32(2,28)29)16-5-3-4-15(11-16)20(21,22)23/h3-7,10-11H,8-9,12H2,1-2H3,(H,25,27)/b24-13-. The molecule has 0 saturated carbocycles. The summed E-state index contributed by atoms with van der Waals surface area (Å²) < 4.78 is 74.7. The van der Waals surface area contributed by atoms with E-state index in [2.05, 4.69) is 10.5 Å². The second kappa shape index (κ2) is 9.07. The second-order valence-electron chi connectivity index (χ2n) is 6.91. The van der Waals surface area contributed by atoms with E-state index < -0.39 is 34.2 Å². The third kappa shape index (κ3) is 5.69. The van der Waals surface area contributed by atoms with E-state index in [-0.39, 0.29) is 5.69 Å². The third-order valence-corrected chi connectivity index (χ3v) is 5.60. The fourth-order valence-corrected chi connectivity index (χ4v) is 3.73. The zero-order valence-electron chi connectivity index (χ0n) is 17.1. The predicted molar refractivity (Wildman–Crippen MR) is 111 cm³/mol. The summed E-state index contributed by atoms with van der Waals surface area (Å²) in [6.07, 6.45) is -3.86. The smallest absolute Gasteiger partial charge is 0.416 e. The van der Waals surface area contributed by atoms with Crippen LogP contribution in [0.3, 0.4) is 0 Å². The Morgan fingerprint density at radius 2 is 1.81 bits per heavy atom. The monoisotopic (exact) mass is 471 g/mol. The Labute approximate surface area is 182 Å². The topological polar surface area (TPSA) is 97.3 Å². The maximum Gasteiger partial charge on any atom is 0.416 e. The Hall–Kier alpha value is -3.28. The fraction of sp³-hybridized carbons (Fsp3) is 0.300. The SMILES string of the molecule is C/C(=N/NC(=O)CN(c1cccc(C(F)(F)F)c1)S(C)(=O)=O)c1ccc2c(c1)OCCO2. The van der Waals surface area contributed by atoms with Gasteiger partial charge in [0, 0.05) is 5.56 Å². The van der Waals surface area contributed by atoms with Crippen LogP contribution < -0.4 is 19.2 Å². The molecule has 172 valence electrons. The van der Waals surface area contributed by atoms with Crippen molar-refractivity contribution in [1.82, 2.24) is 5.43 Å². The maximum absolute atomic E-state index is 13.0. The summed E-state index contributed by atoms with van der Waals surface area (Å²) in [5.74, 6) is 0.286. The number of sulfonamides is 1. The Morgan fingerprint density at radius 1 is 1.12 bits per heavy atom. The number of ether oxygens (including phenoxy) is 2. The molecule has 0 bridgehead atoms. The number of hydrazone groups is 1. The minimum atomic E-state index is -4.66. The number of halogens is 3. The molecule has 1 amide bonds. The van der Waals surface area contributed by atoms with Gasteiger partial charge in [0.2, 0.25) is 10.0 Å². The van der Waals surface area contributed by atoms with Crippen molar-refractivity contribution >= 4 is 27.3 Å². The lowest BCUT2D eigenvalue weighted by atomic mass is 10.1. The quantitative estimate of drug-likeness (QED) is 0.516. The molecule has 3 rings (SSSR count). The number of hydrogen-bond acceptors (Lipinski definition) is 6. The van der Waals surface area contributed by atoms with Gasteiger partial charge in [0.15, 0.2) is 11.5 Å². The van der Waals surface area contributed by atoms with Crippen LogP contribution >= 0.6 is 0 Å². The number of amides is 1. The van der Waals surface area contributed by atoms with Gasteiger partial charge in [-0.3, -0.25) is 9.10 Å². The summed E-state index contributed by atoms with van der Waals surface area (Å²) in [7, 11) is -4.05. The minimum Gasteiger partial charge on any atom is -0.486 e. The lowest BCUT2D eigenvalue weighted by molar-refractivity contribution is -0.137. The molecule has 0 radical (unpaired) electrons. The molecule has 0 unspecified atom stereocenters. The molecule has 1 aliphatic rings. The molecule has 2 aromatic rings. The largest absolute Gasteiger partial charge is 0.486 e. The lowest BCUT2D eigenvalue weighted by Crippen LogP contribution is -2.39. The van der Waals surface area contributed by atoms with Crippen LogP contribution in [0.1, 0.15) is 18.1 Å². The van der Waals surface area contributed by atoms with Gasteiger partial charge in [0.05, 0.1) is 23.2 Å². The highest BCUT2D eigenvalue weighted by Gasteiger charge is 2.32. The van der Waals surface area contributed by atoms with Crippen LogP contribution in [0, 0.1) is 0 Å².